The molecule has 2 aromatic heterocycles. The summed E-state index contributed by atoms with van der Waals surface area (Å²) in [4.78, 5) is 5.48. The van der Waals surface area contributed by atoms with Crippen LogP contribution >= 0.6 is 11.3 Å². The maximum atomic E-state index is 13.2. The molecule has 1 aliphatic rings. The molecular formula is C25H25F3N6S. The monoisotopic (exact) mass is 498 g/mol. The number of anilines is 1. The van der Waals surface area contributed by atoms with Gasteiger partial charge in [-0.2, -0.15) is 13.2 Å². The van der Waals surface area contributed by atoms with Gasteiger partial charge >= 0.3 is 6.18 Å². The molecule has 1 atom stereocenters. The van der Waals surface area contributed by atoms with Gasteiger partial charge in [-0.15, -0.1) is 16.4 Å². The van der Waals surface area contributed by atoms with Crippen LogP contribution in [0.5, 0.6) is 0 Å². The number of halogens is 3. The Kier molecular flexibility index (Phi) is 6.83. The van der Waals surface area contributed by atoms with Gasteiger partial charge in [0.25, 0.3) is 0 Å². The molecule has 1 aliphatic heterocycles. The first kappa shape index (κ1) is 23.5. The van der Waals surface area contributed by atoms with Crippen LogP contribution in [-0.4, -0.2) is 51.3 Å². The van der Waals surface area contributed by atoms with E-state index in [4.69, 9.17) is 0 Å². The van der Waals surface area contributed by atoms with Crippen LogP contribution in [0.1, 0.15) is 27.9 Å². The predicted octanol–water partition coefficient (Wildman–Crippen LogP) is 4.91. The lowest BCUT2D eigenvalue weighted by Gasteiger charge is -2.39. The highest BCUT2D eigenvalue weighted by atomic mass is 32.1. The lowest BCUT2D eigenvalue weighted by molar-refractivity contribution is -0.137. The maximum absolute atomic E-state index is 13.2. The number of rotatable bonds is 7. The van der Waals surface area contributed by atoms with Crippen molar-refractivity contribution in [3.8, 4) is 0 Å². The van der Waals surface area contributed by atoms with E-state index in [9.17, 15) is 13.2 Å². The van der Waals surface area contributed by atoms with Crippen LogP contribution in [0.2, 0.25) is 0 Å². The summed E-state index contributed by atoms with van der Waals surface area (Å²) in [6.07, 6.45) is -3.53. The Morgan fingerprint density at radius 3 is 2.43 bits per heavy atom. The third-order valence-corrected chi connectivity index (χ3v) is 7.21. The topological polar surface area (TPSA) is 50.1 Å². The quantitative estimate of drug-likeness (QED) is 0.363. The summed E-state index contributed by atoms with van der Waals surface area (Å²) >= 11 is 1.66. The largest absolute Gasteiger partial charge is 0.416 e. The normalized spacial score (nSPS) is 15.9. The van der Waals surface area contributed by atoms with E-state index in [0.29, 0.717) is 38.4 Å². The van der Waals surface area contributed by atoms with Gasteiger partial charge in [-0.25, -0.2) is 4.68 Å². The van der Waals surface area contributed by atoms with Gasteiger partial charge in [0.15, 0.2) is 5.82 Å². The number of aryl methyl sites for hydroxylation is 2. The molecule has 35 heavy (non-hydrogen) atoms. The Bertz CT molecular complexity index is 1220. The third kappa shape index (κ3) is 5.38. The molecule has 6 nitrogen and oxygen atoms in total. The van der Waals surface area contributed by atoms with E-state index in [2.05, 4.69) is 38.6 Å². The lowest BCUT2D eigenvalue weighted by atomic mass is 10.1. The van der Waals surface area contributed by atoms with Crippen molar-refractivity contribution in [1.29, 1.82) is 0 Å². The van der Waals surface area contributed by atoms with Crippen molar-refractivity contribution in [2.75, 3.05) is 31.1 Å². The highest BCUT2D eigenvalue weighted by molar-refractivity contribution is 7.10. The highest BCUT2D eigenvalue weighted by Gasteiger charge is 2.33. The van der Waals surface area contributed by atoms with Crippen LogP contribution in [0.25, 0.3) is 0 Å². The minimum atomic E-state index is -4.35. The highest BCUT2D eigenvalue weighted by Crippen LogP contribution is 2.34. The van der Waals surface area contributed by atoms with Gasteiger partial charge < -0.3 is 4.90 Å². The van der Waals surface area contributed by atoms with Crippen molar-refractivity contribution in [2.24, 2.45) is 0 Å². The molecule has 0 unspecified atom stereocenters. The molecule has 0 saturated carbocycles. The molecule has 10 heteroatoms. The predicted molar refractivity (Wildman–Crippen MR) is 129 cm³/mol. The van der Waals surface area contributed by atoms with E-state index >= 15 is 0 Å². The molecule has 0 radical (unpaired) electrons. The van der Waals surface area contributed by atoms with Crippen molar-refractivity contribution in [3.05, 3.63) is 93.9 Å². The van der Waals surface area contributed by atoms with Gasteiger partial charge in [0.2, 0.25) is 0 Å². The molecule has 0 spiro atoms. The van der Waals surface area contributed by atoms with E-state index in [1.54, 1.807) is 17.4 Å². The molecule has 4 aromatic rings. The minimum Gasteiger partial charge on any atom is -0.369 e. The summed E-state index contributed by atoms with van der Waals surface area (Å²) in [5.74, 6) is 0.788. The molecule has 0 N–H and O–H groups in total. The van der Waals surface area contributed by atoms with Gasteiger partial charge in [-0.05, 0) is 52.1 Å². The minimum absolute atomic E-state index is 0.107. The number of hydrogen-bond donors (Lipinski definition) is 0. The van der Waals surface area contributed by atoms with Crippen molar-refractivity contribution >= 4 is 17.0 Å². The van der Waals surface area contributed by atoms with Crippen LogP contribution in [0.15, 0.2) is 72.1 Å². The smallest absolute Gasteiger partial charge is 0.369 e. The summed E-state index contributed by atoms with van der Waals surface area (Å²) < 4.78 is 41.4. The van der Waals surface area contributed by atoms with Gasteiger partial charge in [-0.3, -0.25) is 4.90 Å². The summed E-state index contributed by atoms with van der Waals surface area (Å²) in [6.45, 7) is 3.27. The van der Waals surface area contributed by atoms with Crippen molar-refractivity contribution in [3.63, 3.8) is 0 Å². The number of hydrogen-bond acceptors (Lipinski definition) is 6. The summed E-state index contributed by atoms with van der Waals surface area (Å²) in [5.41, 5.74) is 1.20. The maximum Gasteiger partial charge on any atom is 0.416 e. The Balaban J connectivity index is 1.33. The molecule has 0 amide bonds. The Hall–Kier alpha value is -3.24. The van der Waals surface area contributed by atoms with Crippen LogP contribution in [0.3, 0.4) is 0 Å². The zero-order valence-corrected chi connectivity index (χ0v) is 19.8. The Morgan fingerprint density at radius 2 is 1.71 bits per heavy atom. The standard InChI is InChI=1S/C25H25F3N6S/c26-25(27,28)20-8-4-9-21(18-20)32-13-15-33(16-14-32)23(22-10-5-17-35-22)24-29-30-31-34(24)12-11-19-6-2-1-3-7-19/h1-10,17-18,23H,11-16H2/t23-/m1/s1. The van der Waals surface area contributed by atoms with Crippen LogP contribution in [0.4, 0.5) is 18.9 Å². The lowest BCUT2D eigenvalue weighted by Crippen LogP contribution is -2.48. The van der Waals surface area contributed by atoms with Gasteiger partial charge in [0.05, 0.1) is 5.56 Å². The SMILES string of the molecule is FC(F)(F)c1cccc(N2CCN([C@H](c3cccs3)c3nnnn3CCc3ccccc3)CC2)c1. The molecule has 1 saturated heterocycles. The zero-order valence-electron chi connectivity index (χ0n) is 19.0. The summed E-state index contributed by atoms with van der Waals surface area (Å²) in [5, 5.41) is 14.7. The fourth-order valence-corrected chi connectivity index (χ4v) is 5.34. The second-order valence-corrected chi connectivity index (χ2v) is 9.46. The number of nitrogens with zero attached hydrogens (tertiary/aromatic N) is 6. The molecule has 0 aliphatic carbocycles. The Morgan fingerprint density at radius 1 is 0.914 bits per heavy atom. The molecule has 3 heterocycles. The second kappa shape index (κ2) is 10.2. The molecule has 182 valence electrons. The van der Waals surface area contributed by atoms with E-state index in [1.165, 1.54) is 17.7 Å². The van der Waals surface area contributed by atoms with E-state index in [1.807, 2.05) is 39.2 Å². The molecule has 0 bridgehead atoms. The number of benzene rings is 2. The first-order valence-corrected chi connectivity index (χ1v) is 12.4. The molecular weight excluding hydrogens is 473 g/mol. The molecule has 2 aromatic carbocycles. The number of tetrazole rings is 1. The van der Waals surface area contributed by atoms with Crippen molar-refractivity contribution in [2.45, 2.75) is 25.2 Å². The number of thiophene rings is 1. The van der Waals surface area contributed by atoms with E-state index in [0.717, 1.165) is 23.2 Å². The first-order chi connectivity index (χ1) is 17.0. The van der Waals surface area contributed by atoms with Gasteiger partial charge in [0.1, 0.15) is 6.04 Å². The van der Waals surface area contributed by atoms with Crippen LogP contribution < -0.4 is 4.90 Å². The Labute approximate surface area is 205 Å². The number of piperazine rings is 1. The third-order valence-electron chi connectivity index (χ3n) is 6.29. The summed E-state index contributed by atoms with van der Waals surface area (Å²) in [6, 6.07) is 19.8. The van der Waals surface area contributed by atoms with Crippen LogP contribution in [-0.2, 0) is 19.1 Å². The van der Waals surface area contributed by atoms with Gasteiger partial charge in [-0.1, -0.05) is 42.5 Å². The molecule has 5 rings (SSSR count). The first-order valence-electron chi connectivity index (χ1n) is 11.5. The van der Waals surface area contributed by atoms with Crippen molar-refractivity contribution < 1.29 is 13.2 Å². The molecule has 1 fully saturated rings. The number of alkyl halides is 3. The van der Waals surface area contributed by atoms with E-state index < -0.39 is 11.7 Å². The average Bonchev–Trinajstić information content (AvgIpc) is 3.57. The van der Waals surface area contributed by atoms with Crippen LogP contribution in [0, 0.1) is 0 Å². The number of aromatic nitrogens is 4. The average molecular weight is 499 g/mol. The zero-order chi connectivity index (χ0) is 24.3. The van der Waals surface area contributed by atoms with Crippen molar-refractivity contribution in [1.82, 2.24) is 25.1 Å². The summed E-state index contributed by atoms with van der Waals surface area (Å²) in [7, 11) is 0. The van der Waals surface area contributed by atoms with Gasteiger partial charge in [0, 0.05) is 43.3 Å². The fraction of sp³-hybridized carbons (Fsp3) is 0.320. The second-order valence-electron chi connectivity index (χ2n) is 8.48. The fourth-order valence-electron chi connectivity index (χ4n) is 4.48. The van der Waals surface area contributed by atoms with E-state index in [-0.39, 0.29) is 6.04 Å².